The predicted octanol–water partition coefficient (Wildman–Crippen LogP) is 5.95. The van der Waals surface area contributed by atoms with Gasteiger partial charge < -0.3 is 0 Å². The van der Waals surface area contributed by atoms with Gasteiger partial charge in [0.1, 0.15) is 0 Å². The fraction of sp³-hybridized carbons (Fsp3) is 0.318. The van der Waals surface area contributed by atoms with Crippen molar-refractivity contribution in [2.75, 3.05) is 0 Å². The van der Waals surface area contributed by atoms with Crippen molar-refractivity contribution in [3.8, 4) is 0 Å². The van der Waals surface area contributed by atoms with Crippen LogP contribution in [0.1, 0.15) is 45.4 Å². The van der Waals surface area contributed by atoms with Gasteiger partial charge in [0.15, 0.2) is 6.29 Å². The summed E-state index contributed by atoms with van der Waals surface area (Å²) < 4.78 is 0. The number of nitrogens with zero attached hydrogens (tertiary/aromatic N) is 1. The third-order valence-corrected chi connectivity index (χ3v) is 3.12. The highest BCUT2D eigenvalue weighted by atomic mass is 16.6. The van der Waals surface area contributed by atoms with Crippen LogP contribution in [0.15, 0.2) is 84.7 Å². The Kier molecular flexibility index (Phi) is 16.6. The Morgan fingerprint density at radius 1 is 0.885 bits per heavy atom. The topological polar surface area (TPSA) is 60.2 Å². The molecule has 0 saturated heterocycles. The summed E-state index contributed by atoms with van der Waals surface area (Å²) in [6, 6.07) is 0. The van der Waals surface area contributed by atoms with E-state index in [4.69, 9.17) is 0 Å². The fourth-order valence-corrected chi connectivity index (χ4v) is 1.80. The van der Waals surface area contributed by atoms with Crippen molar-refractivity contribution >= 4 is 6.29 Å². The van der Waals surface area contributed by atoms with Crippen molar-refractivity contribution in [1.82, 2.24) is 0 Å². The van der Waals surface area contributed by atoms with E-state index in [-0.39, 0.29) is 10.6 Å². The summed E-state index contributed by atoms with van der Waals surface area (Å²) in [5.41, 5.74) is 0.165. The van der Waals surface area contributed by atoms with Gasteiger partial charge in [-0.15, -0.1) is 0 Å². The minimum absolute atomic E-state index is 0.165. The van der Waals surface area contributed by atoms with Crippen LogP contribution in [-0.2, 0) is 4.79 Å². The molecule has 0 fully saturated rings. The Balaban J connectivity index is 4.23. The summed E-state index contributed by atoms with van der Waals surface area (Å²) in [4.78, 5) is 20.7. The molecule has 0 aromatic carbocycles. The first kappa shape index (κ1) is 23.2. The Morgan fingerprint density at radius 2 is 1.54 bits per heavy atom. The lowest BCUT2D eigenvalue weighted by molar-refractivity contribution is -0.426. The third-order valence-electron chi connectivity index (χ3n) is 3.12. The van der Waals surface area contributed by atoms with E-state index >= 15 is 0 Å². The van der Waals surface area contributed by atoms with Gasteiger partial charge in [0.2, 0.25) is 5.70 Å². The van der Waals surface area contributed by atoms with E-state index in [2.05, 4.69) is 13.0 Å². The molecule has 0 heterocycles. The maximum absolute atomic E-state index is 11.0. The van der Waals surface area contributed by atoms with Crippen molar-refractivity contribution in [2.45, 2.75) is 45.4 Å². The highest BCUT2D eigenvalue weighted by molar-refractivity contribution is 5.50. The molecule has 0 aliphatic rings. The molecule has 139 valence electrons. The number of hydrogen-bond donors (Lipinski definition) is 0. The zero-order valence-corrected chi connectivity index (χ0v) is 15.4. The molecule has 0 aliphatic carbocycles. The maximum atomic E-state index is 11.0. The number of allylic oxidation sites excluding steroid dienone is 13. The number of unbranched alkanes of at least 4 members (excludes halogenated alkanes) is 1. The maximum Gasteiger partial charge on any atom is 0.249 e. The van der Waals surface area contributed by atoms with E-state index in [0.717, 1.165) is 25.7 Å². The summed E-state index contributed by atoms with van der Waals surface area (Å²) in [6.07, 6.45) is 30.3. The second-order valence-corrected chi connectivity index (χ2v) is 5.29. The van der Waals surface area contributed by atoms with Crippen LogP contribution in [0, 0.1) is 10.1 Å². The molecule has 0 aromatic rings. The molecule has 0 unspecified atom stereocenters. The first-order valence-electron chi connectivity index (χ1n) is 8.85. The van der Waals surface area contributed by atoms with Gasteiger partial charge in [-0.3, -0.25) is 14.9 Å². The Hall–Kier alpha value is -2.75. The lowest BCUT2D eigenvalue weighted by atomic mass is 10.2. The van der Waals surface area contributed by atoms with Gasteiger partial charge in [-0.2, -0.15) is 0 Å². The van der Waals surface area contributed by atoms with Gasteiger partial charge >= 0.3 is 0 Å². The quantitative estimate of drug-likeness (QED) is 0.127. The van der Waals surface area contributed by atoms with E-state index in [1.165, 1.54) is 6.08 Å². The standard InChI is InChI=1S/C22H28NO3/c1-2-3-4-5-13-16-19-22(23(25)26)20-17-14-11-9-7-6-8-10-12-15-18-21-24/h3-4,6-7,9-14,16-17,20H,2,5,8,15,18-19H2,1H3/b4-3+,7-6+,11-9+,12-10+,16-13+,17-14+,22-20-. The Morgan fingerprint density at radius 3 is 2.27 bits per heavy atom. The summed E-state index contributed by atoms with van der Waals surface area (Å²) in [5.74, 6) is 0. The number of nitro groups is 1. The second-order valence-electron chi connectivity index (χ2n) is 5.29. The van der Waals surface area contributed by atoms with Gasteiger partial charge in [0, 0.05) is 12.5 Å². The lowest BCUT2D eigenvalue weighted by Crippen LogP contribution is -1.96. The Bertz CT molecular complexity index is 591. The number of carbonyl (C=O) groups excluding carboxylic acids is 1. The average molecular weight is 354 g/mol. The molecule has 0 amide bonds. The van der Waals surface area contributed by atoms with Crippen LogP contribution in [0.3, 0.4) is 0 Å². The molecule has 26 heavy (non-hydrogen) atoms. The van der Waals surface area contributed by atoms with Gasteiger partial charge in [0.25, 0.3) is 0 Å². The van der Waals surface area contributed by atoms with Gasteiger partial charge in [-0.05, 0) is 25.7 Å². The van der Waals surface area contributed by atoms with E-state index < -0.39 is 0 Å². The smallest absolute Gasteiger partial charge is 0.249 e. The molecule has 0 saturated carbocycles. The van der Waals surface area contributed by atoms with Crippen LogP contribution in [-0.4, -0.2) is 11.2 Å². The molecule has 4 heteroatoms. The molecule has 0 aromatic heterocycles. The molecular weight excluding hydrogens is 326 g/mol. The summed E-state index contributed by atoms with van der Waals surface area (Å²) in [5, 5.41) is 11.0. The van der Waals surface area contributed by atoms with E-state index in [9.17, 15) is 14.9 Å². The largest absolute Gasteiger partial charge is 0.291 e. The second kappa shape index (κ2) is 18.6. The van der Waals surface area contributed by atoms with Crippen molar-refractivity contribution in [3.63, 3.8) is 0 Å². The van der Waals surface area contributed by atoms with Crippen molar-refractivity contribution < 1.29 is 9.72 Å². The van der Waals surface area contributed by atoms with Crippen LogP contribution < -0.4 is 0 Å². The SMILES string of the molecule is CC/C=C/C/C=C/C/C(=C/C=C/C=C/C=C/C/C=C/CC[C]=O)[N+](=O)[O-]. The predicted molar refractivity (Wildman–Crippen MR) is 109 cm³/mol. The van der Waals surface area contributed by atoms with Crippen molar-refractivity contribution in [1.29, 1.82) is 0 Å². The first-order valence-corrected chi connectivity index (χ1v) is 8.85. The fourth-order valence-electron chi connectivity index (χ4n) is 1.80. The highest BCUT2D eigenvalue weighted by Crippen LogP contribution is 2.05. The molecule has 0 bridgehead atoms. The molecule has 0 atom stereocenters. The molecular formula is C22H28NO3. The number of rotatable bonds is 14. The molecule has 4 nitrogen and oxygen atoms in total. The lowest BCUT2D eigenvalue weighted by Gasteiger charge is -1.91. The van der Waals surface area contributed by atoms with Crippen LogP contribution in [0.25, 0.3) is 0 Å². The van der Waals surface area contributed by atoms with Crippen LogP contribution >= 0.6 is 0 Å². The monoisotopic (exact) mass is 354 g/mol. The molecule has 0 aliphatic heterocycles. The van der Waals surface area contributed by atoms with E-state index in [0.29, 0.717) is 12.8 Å². The minimum atomic E-state index is -0.352. The van der Waals surface area contributed by atoms with Crippen LogP contribution in [0.2, 0.25) is 0 Å². The van der Waals surface area contributed by atoms with Gasteiger partial charge in [0.05, 0.1) is 11.3 Å². The first-order chi connectivity index (χ1) is 12.7. The molecule has 1 radical (unpaired) electrons. The summed E-state index contributed by atoms with van der Waals surface area (Å²) in [6.45, 7) is 2.07. The average Bonchev–Trinajstić information content (AvgIpc) is 2.63. The van der Waals surface area contributed by atoms with Gasteiger partial charge in [-0.25, -0.2) is 0 Å². The van der Waals surface area contributed by atoms with Crippen molar-refractivity contribution in [2.24, 2.45) is 0 Å². The zero-order chi connectivity index (χ0) is 19.3. The molecule has 0 rings (SSSR count). The highest BCUT2D eigenvalue weighted by Gasteiger charge is 2.05. The normalized spacial score (nSPS) is 13.5. The van der Waals surface area contributed by atoms with Gasteiger partial charge in [-0.1, -0.05) is 79.8 Å². The van der Waals surface area contributed by atoms with Crippen LogP contribution in [0.4, 0.5) is 0 Å². The summed E-state index contributed by atoms with van der Waals surface area (Å²) >= 11 is 0. The molecule has 0 spiro atoms. The minimum Gasteiger partial charge on any atom is -0.291 e. The Labute approximate surface area is 156 Å². The zero-order valence-electron chi connectivity index (χ0n) is 15.4. The number of hydrogen-bond acceptors (Lipinski definition) is 3. The van der Waals surface area contributed by atoms with Crippen LogP contribution in [0.5, 0.6) is 0 Å². The summed E-state index contributed by atoms with van der Waals surface area (Å²) in [7, 11) is 0. The third kappa shape index (κ3) is 16.1. The van der Waals surface area contributed by atoms with E-state index in [1.807, 2.05) is 61.0 Å². The van der Waals surface area contributed by atoms with E-state index in [1.54, 1.807) is 12.2 Å². The molecule has 0 N–H and O–H groups in total. The van der Waals surface area contributed by atoms with Crippen molar-refractivity contribution in [3.05, 3.63) is 94.8 Å².